The van der Waals surface area contributed by atoms with Gasteiger partial charge in [-0.2, -0.15) is 0 Å². The van der Waals surface area contributed by atoms with E-state index in [2.05, 4.69) is 10.6 Å². The minimum atomic E-state index is -0.930. The highest BCUT2D eigenvalue weighted by Gasteiger charge is 2.20. The van der Waals surface area contributed by atoms with Crippen molar-refractivity contribution in [3.63, 3.8) is 0 Å². The maximum absolute atomic E-state index is 12.1. The number of benzene rings is 2. The Hall–Kier alpha value is -3.68. The van der Waals surface area contributed by atoms with Crippen LogP contribution in [0.3, 0.4) is 0 Å². The van der Waals surface area contributed by atoms with Gasteiger partial charge in [0, 0.05) is 18.3 Å². The molecule has 1 atom stereocenters. The van der Waals surface area contributed by atoms with Crippen LogP contribution in [-0.2, 0) is 19.1 Å². The van der Waals surface area contributed by atoms with Crippen molar-refractivity contribution in [3.8, 4) is 0 Å². The topological polar surface area (TPSA) is 105 Å². The molecule has 0 heterocycles. The molecule has 0 aliphatic heterocycles. The quantitative estimate of drug-likeness (QED) is 0.644. The Morgan fingerprint density at radius 3 is 2.27 bits per heavy atom. The molecule has 0 aromatic heterocycles. The molecule has 2 aromatic rings. The zero-order valence-electron chi connectivity index (χ0n) is 17.2. The van der Waals surface area contributed by atoms with Crippen LogP contribution < -0.4 is 10.6 Å². The molecular formula is C22H25N3O5. The Bertz CT molecular complexity index is 897. The lowest BCUT2D eigenvalue weighted by Gasteiger charge is -2.18. The molecule has 0 unspecified atom stereocenters. The highest BCUT2D eigenvalue weighted by molar-refractivity contribution is 5.97. The van der Waals surface area contributed by atoms with Crippen LogP contribution in [0.25, 0.3) is 0 Å². The van der Waals surface area contributed by atoms with E-state index in [4.69, 9.17) is 4.74 Å². The van der Waals surface area contributed by atoms with Gasteiger partial charge in [-0.3, -0.25) is 14.4 Å². The average Bonchev–Trinajstić information content (AvgIpc) is 2.73. The fourth-order valence-electron chi connectivity index (χ4n) is 2.44. The molecule has 2 N–H and O–H groups in total. The molecule has 8 nitrogen and oxygen atoms in total. The summed E-state index contributed by atoms with van der Waals surface area (Å²) in [6.07, 6.45) is 0. The van der Waals surface area contributed by atoms with Crippen LogP contribution in [0.5, 0.6) is 0 Å². The van der Waals surface area contributed by atoms with E-state index in [0.717, 1.165) is 10.5 Å². The Morgan fingerprint density at radius 1 is 1.00 bits per heavy atom. The number of amides is 3. The van der Waals surface area contributed by atoms with Gasteiger partial charge in [0.2, 0.25) is 5.91 Å². The molecule has 2 aromatic carbocycles. The monoisotopic (exact) mass is 411 g/mol. The third-order valence-electron chi connectivity index (χ3n) is 4.22. The summed E-state index contributed by atoms with van der Waals surface area (Å²) in [5.74, 6) is -2.07. The molecule has 0 aliphatic carbocycles. The number of anilines is 1. The van der Waals surface area contributed by atoms with Gasteiger partial charge in [0.1, 0.15) is 6.04 Å². The van der Waals surface area contributed by atoms with Crippen LogP contribution >= 0.6 is 0 Å². The van der Waals surface area contributed by atoms with E-state index in [0.29, 0.717) is 11.3 Å². The molecule has 0 fully saturated rings. The normalized spacial score (nSPS) is 11.2. The molecule has 0 saturated heterocycles. The second-order valence-corrected chi connectivity index (χ2v) is 6.83. The van der Waals surface area contributed by atoms with Gasteiger partial charge < -0.3 is 20.3 Å². The van der Waals surface area contributed by atoms with E-state index in [9.17, 15) is 19.2 Å². The zero-order valence-corrected chi connectivity index (χ0v) is 17.2. The molecule has 2 rings (SSSR count). The number of nitrogens with zero attached hydrogens (tertiary/aromatic N) is 1. The molecule has 3 amide bonds. The van der Waals surface area contributed by atoms with Crippen molar-refractivity contribution in [1.29, 1.82) is 0 Å². The van der Waals surface area contributed by atoms with Crippen molar-refractivity contribution < 1.29 is 23.9 Å². The average molecular weight is 411 g/mol. The number of aryl methyl sites for hydroxylation is 1. The van der Waals surface area contributed by atoms with Crippen molar-refractivity contribution in [2.45, 2.75) is 19.9 Å². The lowest BCUT2D eigenvalue weighted by molar-refractivity contribution is -0.153. The number of hydrogen-bond donors (Lipinski definition) is 2. The third kappa shape index (κ3) is 7.05. The first-order valence-corrected chi connectivity index (χ1v) is 9.39. The summed E-state index contributed by atoms with van der Waals surface area (Å²) >= 11 is 0. The van der Waals surface area contributed by atoms with Crippen LogP contribution in [-0.4, -0.2) is 54.8 Å². The highest BCUT2D eigenvalue weighted by atomic mass is 16.5. The second-order valence-electron chi connectivity index (χ2n) is 6.83. The summed E-state index contributed by atoms with van der Waals surface area (Å²) in [6, 6.07) is 14.8. The SMILES string of the molecule is Cc1ccc(NC(=O)CN(C)C(=O)COC(=O)[C@H](C)NC(=O)c2ccccc2)cc1. The summed E-state index contributed by atoms with van der Waals surface area (Å²) in [5, 5.41) is 5.20. The molecule has 0 bridgehead atoms. The van der Waals surface area contributed by atoms with Crippen molar-refractivity contribution in [1.82, 2.24) is 10.2 Å². The molecular weight excluding hydrogens is 386 g/mol. The smallest absolute Gasteiger partial charge is 0.328 e. The maximum Gasteiger partial charge on any atom is 0.328 e. The van der Waals surface area contributed by atoms with Crippen LogP contribution in [0.2, 0.25) is 0 Å². The standard InChI is InChI=1S/C22H25N3O5/c1-15-9-11-18(12-10-15)24-19(26)13-25(3)20(27)14-30-22(29)16(2)23-21(28)17-7-5-4-6-8-17/h4-12,16H,13-14H2,1-3H3,(H,23,28)(H,24,26)/t16-/m0/s1. The van der Waals surface area contributed by atoms with Crippen LogP contribution in [0.1, 0.15) is 22.8 Å². The first-order chi connectivity index (χ1) is 14.3. The van der Waals surface area contributed by atoms with Gasteiger partial charge in [-0.15, -0.1) is 0 Å². The molecule has 0 spiro atoms. The Labute approximate surface area is 175 Å². The summed E-state index contributed by atoms with van der Waals surface area (Å²) in [6.45, 7) is 2.68. The van der Waals surface area contributed by atoms with Gasteiger partial charge in [-0.05, 0) is 38.1 Å². The van der Waals surface area contributed by atoms with Gasteiger partial charge in [-0.25, -0.2) is 4.79 Å². The minimum Gasteiger partial charge on any atom is -0.454 e. The van der Waals surface area contributed by atoms with Gasteiger partial charge in [-0.1, -0.05) is 35.9 Å². The number of carbonyl (C=O) groups is 4. The van der Waals surface area contributed by atoms with E-state index in [1.165, 1.54) is 14.0 Å². The van der Waals surface area contributed by atoms with E-state index < -0.39 is 30.4 Å². The molecule has 0 saturated carbocycles. The number of carbonyl (C=O) groups excluding carboxylic acids is 4. The lowest BCUT2D eigenvalue weighted by Crippen LogP contribution is -2.42. The predicted octanol–water partition coefficient (Wildman–Crippen LogP) is 1.75. The van der Waals surface area contributed by atoms with Crippen molar-refractivity contribution >= 4 is 29.4 Å². The fourth-order valence-corrected chi connectivity index (χ4v) is 2.44. The third-order valence-corrected chi connectivity index (χ3v) is 4.22. The second kappa shape index (κ2) is 10.8. The van der Waals surface area contributed by atoms with Crippen molar-refractivity contribution in [2.24, 2.45) is 0 Å². The molecule has 0 aliphatic rings. The van der Waals surface area contributed by atoms with Crippen LogP contribution in [0.15, 0.2) is 54.6 Å². The molecule has 30 heavy (non-hydrogen) atoms. The first-order valence-electron chi connectivity index (χ1n) is 9.39. The van der Waals surface area contributed by atoms with Gasteiger partial charge in [0.15, 0.2) is 6.61 Å². The number of nitrogens with one attached hydrogen (secondary N) is 2. The largest absolute Gasteiger partial charge is 0.454 e. The predicted molar refractivity (Wildman–Crippen MR) is 112 cm³/mol. The summed E-state index contributed by atoms with van der Waals surface area (Å²) in [7, 11) is 1.44. The lowest BCUT2D eigenvalue weighted by atomic mass is 10.2. The van der Waals surface area contributed by atoms with Crippen LogP contribution in [0, 0.1) is 6.92 Å². The number of likely N-dealkylation sites (N-methyl/N-ethyl adjacent to an activating group) is 1. The Kier molecular flexibility index (Phi) is 8.10. The fraction of sp³-hybridized carbons (Fsp3) is 0.273. The first kappa shape index (κ1) is 22.6. The van der Waals surface area contributed by atoms with E-state index in [-0.39, 0.29) is 12.5 Å². The number of ether oxygens (including phenoxy) is 1. The van der Waals surface area contributed by atoms with Gasteiger partial charge in [0.05, 0.1) is 6.54 Å². The summed E-state index contributed by atoms with van der Waals surface area (Å²) in [5.41, 5.74) is 2.10. The van der Waals surface area contributed by atoms with E-state index in [1.54, 1.807) is 42.5 Å². The molecule has 158 valence electrons. The zero-order chi connectivity index (χ0) is 22.1. The summed E-state index contributed by atoms with van der Waals surface area (Å²) < 4.78 is 4.96. The van der Waals surface area contributed by atoms with Crippen molar-refractivity contribution in [3.05, 3.63) is 65.7 Å². The maximum atomic E-state index is 12.1. The Morgan fingerprint density at radius 2 is 1.63 bits per heavy atom. The van der Waals surface area contributed by atoms with Gasteiger partial charge >= 0.3 is 5.97 Å². The highest BCUT2D eigenvalue weighted by Crippen LogP contribution is 2.08. The van der Waals surface area contributed by atoms with Gasteiger partial charge in [0.25, 0.3) is 11.8 Å². The van der Waals surface area contributed by atoms with E-state index >= 15 is 0 Å². The molecule has 0 radical (unpaired) electrons. The molecule has 8 heteroatoms. The Balaban J connectivity index is 1.75. The number of hydrogen-bond acceptors (Lipinski definition) is 5. The number of esters is 1. The van der Waals surface area contributed by atoms with Crippen LogP contribution in [0.4, 0.5) is 5.69 Å². The minimum absolute atomic E-state index is 0.190. The summed E-state index contributed by atoms with van der Waals surface area (Å²) in [4.78, 5) is 49.4. The number of rotatable bonds is 8. The van der Waals surface area contributed by atoms with Crippen molar-refractivity contribution in [2.75, 3.05) is 25.5 Å². The van der Waals surface area contributed by atoms with E-state index in [1.807, 2.05) is 19.1 Å².